The lowest BCUT2D eigenvalue weighted by Gasteiger charge is -2.29. The van der Waals surface area contributed by atoms with Gasteiger partial charge in [0.05, 0.1) is 6.10 Å². The van der Waals surface area contributed by atoms with Crippen molar-refractivity contribution in [2.75, 3.05) is 13.1 Å². The summed E-state index contributed by atoms with van der Waals surface area (Å²) in [6.45, 7) is 8.10. The van der Waals surface area contributed by atoms with Gasteiger partial charge in [0.1, 0.15) is 0 Å². The molecule has 2 unspecified atom stereocenters. The molecule has 4 heteroatoms. The van der Waals surface area contributed by atoms with Crippen molar-refractivity contribution in [2.24, 2.45) is 0 Å². The van der Waals surface area contributed by atoms with Crippen molar-refractivity contribution in [3.63, 3.8) is 0 Å². The van der Waals surface area contributed by atoms with Gasteiger partial charge >= 0.3 is 0 Å². The van der Waals surface area contributed by atoms with E-state index in [1.54, 1.807) is 0 Å². The summed E-state index contributed by atoms with van der Waals surface area (Å²) < 4.78 is 26.8. The summed E-state index contributed by atoms with van der Waals surface area (Å²) >= 11 is 0. The summed E-state index contributed by atoms with van der Waals surface area (Å²) in [5, 5.41) is 10.1. The number of nitrogens with zero attached hydrogens (tertiary/aromatic N) is 1. The lowest BCUT2D eigenvalue weighted by molar-refractivity contribution is 0.121. The molecule has 0 fully saturated rings. The van der Waals surface area contributed by atoms with Crippen LogP contribution in [0.3, 0.4) is 0 Å². The number of hydrogen-bond acceptors (Lipinski definition) is 2. The molecule has 1 aromatic rings. The van der Waals surface area contributed by atoms with Crippen LogP contribution in [-0.2, 0) is 0 Å². The summed E-state index contributed by atoms with van der Waals surface area (Å²) in [4.78, 5) is 2.31. The molecule has 0 aliphatic rings. The summed E-state index contributed by atoms with van der Waals surface area (Å²) in [6.07, 6.45) is 2.71. The highest BCUT2D eigenvalue weighted by molar-refractivity contribution is 5.21. The minimum absolute atomic E-state index is 0.0505. The fourth-order valence-electron chi connectivity index (χ4n) is 2.39. The molecule has 120 valence electrons. The summed E-state index contributed by atoms with van der Waals surface area (Å²) in [6, 6.07) is 4.38. The van der Waals surface area contributed by atoms with Gasteiger partial charge in [0, 0.05) is 18.2 Å². The molecule has 0 saturated carbocycles. The molecule has 21 heavy (non-hydrogen) atoms. The predicted octanol–water partition coefficient (Wildman–Crippen LogP) is 4.29. The maximum atomic E-state index is 13.7. The highest BCUT2D eigenvalue weighted by atomic mass is 19.2. The number of aliphatic hydroxyl groups excluding tert-OH is 1. The number of benzene rings is 1. The molecule has 1 aromatic carbocycles. The summed E-state index contributed by atoms with van der Waals surface area (Å²) in [7, 11) is 0. The lowest BCUT2D eigenvalue weighted by atomic mass is 10.0. The zero-order valence-corrected chi connectivity index (χ0v) is 13.3. The molecule has 0 saturated heterocycles. The second-order valence-corrected chi connectivity index (χ2v) is 5.59. The maximum Gasteiger partial charge on any atom is 0.164 e. The summed E-state index contributed by atoms with van der Waals surface area (Å²) in [5.41, 5.74) is 0.0505. The predicted molar refractivity (Wildman–Crippen MR) is 82.2 cm³/mol. The Morgan fingerprint density at radius 1 is 1.19 bits per heavy atom. The van der Waals surface area contributed by atoms with Gasteiger partial charge in [-0.25, -0.2) is 8.78 Å². The van der Waals surface area contributed by atoms with Crippen LogP contribution in [0.25, 0.3) is 0 Å². The van der Waals surface area contributed by atoms with E-state index >= 15 is 0 Å². The van der Waals surface area contributed by atoms with E-state index in [0.29, 0.717) is 19.0 Å². The number of hydrogen-bond donors (Lipinski definition) is 1. The van der Waals surface area contributed by atoms with Crippen molar-refractivity contribution >= 4 is 0 Å². The topological polar surface area (TPSA) is 23.5 Å². The molecule has 0 aliphatic heterocycles. The van der Waals surface area contributed by atoms with Gasteiger partial charge in [-0.05, 0) is 38.8 Å². The van der Waals surface area contributed by atoms with Crippen molar-refractivity contribution < 1.29 is 13.9 Å². The van der Waals surface area contributed by atoms with Crippen LogP contribution < -0.4 is 0 Å². The van der Waals surface area contributed by atoms with Gasteiger partial charge in [0.25, 0.3) is 0 Å². The quantitative estimate of drug-likeness (QED) is 0.735. The first-order valence-electron chi connectivity index (χ1n) is 7.87. The third-order valence-electron chi connectivity index (χ3n) is 4.04. The van der Waals surface area contributed by atoms with Crippen LogP contribution in [0.2, 0.25) is 0 Å². The molecule has 1 N–H and O–H groups in total. The minimum Gasteiger partial charge on any atom is -0.388 e. The third kappa shape index (κ3) is 5.36. The van der Waals surface area contributed by atoms with E-state index in [2.05, 4.69) is 25.7 Å². The van der Waals surface area contributed by atoms with E-state index in [9.17, 15) is 13.9 Å². The molecule has 0 amide bonds. The van der Waals surface area contributed by atoms with Gasteiger partial charge < -0.3 is 10.0 Å². The van der Waals surface area contributed by atoms with E-state index in [4.69, 9.17) is 0 Å². The Morgan fingerprint density at radius 3 is 2.52 bits per heavy atom. The van der Waals surface area contributed by atoms with Crippen molar-refractivity contribution in [1.82, 2.24) is 4.90 Å². The fourth-order valence-corrected chi connectivity index (χ4v) is 2.39. The number of halogens is 2. The Morgan fingerprint density at radius 2 is 1.90 bits per heavy atom. The van der Waals surface area contributed by atoms with Crippen molar-refractivity contribution in [1.29, 1.82) is 0 Å². The standard InChI is InChI=1S/C17H27F2NO/c1-4-6-11-20(13(3)5-2)12-10-16(21)14-8-7-9-15(18)17(14)19/h7-9,13,16,21H,4-6,10-12H2,1-3H3. The van der Waals surface area contributed by atoms with Gasteiger partial charge in [0.2, 0.25) is 0 Å². The van der Waals surface area contributed by atoms with Crippen molar-refractivity contribution in [3.05, 3.63) is 35.4 Å². The highest BCUT2D eigenvalue weighted by Gasteiger charge is 2.18. The summed E-state index contributed by atoms with van der Waals surface area (Å²) in [5.74, 6) is -1.84. The van der Waals surface area contributed by atoms with Crippen LogP contribution in [0.1, 0.15) is 58.1 Å². The van der Waals surface area contributed by atoms with Crippen molar-refractivity contribution in [3.8, 4) is 0 Å². The van der Waals surface area contributed by atoms with Gasteiger partial charge in [-0.3, -0.25) is 0 Å². The zero-order valence-electron chi connectivity index (χ0n) is 13.3. The molecule has 0 heterocycles. The maximum absolute atomic E-state index is 13.7. The monoisotopic (exact) mass is 299 g/mol. The van der Waals surface area contributed by atoms with Crippen LogP contribution in [0.4, 0.5) is 8.78 Å². The number of aliphatic hydroxyl groups is 1. The van der Waals surface area contributed by atoms with E-state index < -0.39 is 17.7 Å². The SMILES string of the molecule is CCCCN(CCC(O)c1cccc(F)c1F)C(C)CC. The van der Waals surface area contributed by atoms with Gasteiger partial charge in [0.15, 0.2) is 11.6 Å². The van der Waals surface area contributed by atoms with E-state index in [-0.39, 0.29) is 5.56 Å². The number of rotatable bonds is 9. The largest absolute Gasteiger partial charge is 0.388 e. The number of unbranched alkanes of at least 4 members (excludes halogenated alkanes) is 1. The average Bonchev–Trinajstić information content (AvgIpc) is 2.49. The van der Waals surface area contributed by atoms with Crippen molar-refractivity contribution in [2.45, 2.75) is 58.6 Å². The molecule has 1 rings (SSSR count). The second kappa shape index (κ2) is 9.11. The fraction of sp³-hybridized carbons (Fsp3) is 0.647. The molecule has 0 bridgehead atoms. The lowest BCUT2D eigenvalue weighted by Crippen LogP contribution is -2.35. The third-order valence-corrected chi connectivity index (χ3v) is 4.04. The Bertz CT molecular complexity index is 425. The van der Waals surface area contributed by atoms with Gasteiger partial charge in [-0.2, -0.15) is 0 Å². The van der Waals surface area contributed by atoms with E-state index in [0.717, 1.165) is 31.9 Å². The van der Waals surface area contributed by atoms with Crippen LogP contribution >= 0.6 is 0 Å². The molecule has 0 aliphatic carbocycles. The normalized spacial score (nSPS) is 14.4. The Hall–Kier alpha value is -1.00. The molecule has 2 atom stereocenters. The molecular weight excluding hydrogens is 272 g/mol. The zero-order chi connectivity index (χ0) is 15.8. The van der Waals surface area contributed by atoms with Crippen LogP contribution in [0.5, 0.6) is 0 Å². The second-order valence-electron chi connectivity index (χ2n) is 5.59. The highest BCUT2D eigenvalue weighted by Crippen LogP contribution is 2.22. The van der Waals surface area contributed by atoms with Gasteiger partial charge in [-0.15, -0.1) is 0 Å². The van der Waals surface area contributed by atoms with Gasteiger partial charge in [-0.1, -0.05) is 32.4 Å². The molecular formula is C17H27F2NO. The molecule has 2 nitrogen and oxygen atoms in total. The van der Waals surface area contributed by atoms with Crippen LogP contribution in [-0.4, -0.2) is 29.1 Å². The molecule has 0 aromatic heterocycles. The smallest absolute Gasteiger partial charge is 0.164 e. The van der Waals surface area contributed by atoms with Crippen LogP contribution in [0.15, 0.2) is 18.2 Å². The van der Waals surface area contributed by atoms with Crippen LogP contribution in [0, 0.1) is 11.6 Å². The molecule has 0 radical (unpaired) electrons. The first-order chi connectivity index (χ1) is 10.0. The average molecular weight is 299 g/mol. The minimum atomic E-state index is -0.964. The van der Waals surface area contributed by atoms with E-state index in [1.165, 1.54) is 12.1 Å². The van der Waals surface area contributed by atoms with E-state index in [1.807, 2.05) is 0 Å². The Balaban J connectivity index is 2.63. The first-order valence-corrected chi connectivity index (χ1v) is 7.87. The Labute approximate surface area is 126 Å². The Kier molecular flexibility index (Phi) is 7.83. The molecule has 0 spiro atoms. The first kappa shape index (κ1) is 18.1.